The van der Waals surface area contributed by atoms with Crippen LogP contribution in [0.1, 0.15) is 23.2 Å². The summed E-state index contributed by atoms with van der Waals surface area (Å²) in [6, 6.07) is 7.88. The van der Waals surface area contributed by atoms with Crippen LogP contribution in [0, 0.1) is 0 Å². The normalized spacial score (nSPS) is 16.0. The van der Waals surface area contributed by atoms with E-state index in [2.05, 4.69) is 9.88 Å². The number of hydrogen-bond donors (Lipinski definition) is 1. The average Bonchev–Trinajstić information content (AvgIpc) is 2.54. The summed E-state index contributed by atoms with van der Waals surface area (Å²) < 4.78 is 4.90. The molecule has 0 spiro atoms. The van der Waals surface area contributed by atoms with Gasteiger partial charge in [-0.25, -0.2) is 9.78 Å². The lowest BCUT2D eigenvalue weighted by Crippen LogP contribution is -2.40. The third kappa shape index (κ3) is 2.62. The van der Waals surface area contributed by atoms with Gasteiger partial charge in [-0.2, -0.15) is 0 Å². The summed E-state index contributed by atoms with van der Waals surface area (Å²) in [5.41, 5.74) is 7.89. The Morgan fingerprint density at radius 1 is 1.36 bits per heavy atom. The van der Waals surface area contributed by atoms with Gasteiger partial charge < -0.3 is 15.4 Å². The van der Waals surface area contributed by atoms with Gasteiger partial charge in [0.05, 0.1) is 18.3 Å². The number of esters is 1. The maximum absolute atomic E-state index is 12.2. The highest BCUT2D eigenvalue weighted by Gasteiger charge is 2.27. The Labute approximate surface area is 134 Å². The fraction of sp³-hybridized carbons (Fsp3) is 0.375. The molecule has 1 saturated heterocycles. The summed E-state index contributed by atoms with van der Waals surface area (Å²) in [6.45, 7) is 1.57. The van der Waals surface area contributed by atoms with Crippen molar-refractivity contribution in [3.05, 3.63) is 35.0 Å². The highest BCUT2D eigenvalue weighted by atomic mass is 35.5. The van der Waals surface area contributed by atoms with E-state index >= 15 is 0 Å². The van der Waals surface area contributed by atoms with Gasteiger partial charge in [-0.15, -0.1) is 0 Å². The Kier molecular flexibility index (Phi) is 4.18. The van der Waals surface area contributed by atoms with Gasteiger partial charge in [0, 0.05) is 24.5 Å². The van der Waals surface area contributed by atoms with E-state index < -0.39 is 5.97 Å². The zero-order valence-electron chi connectivity index (χ0n) is 12.4. The minimum Gasteiger partial charge on any atom is -0.465 e. The second-order valence-electron chi connectivity index (χ2n) is 5.46. The van der Waals surface area contributed by atoms with E-state index in [1.54, 1.807) is 0 Å². The molecule has 0 unspecified atom stereocenters. The SMILES string of the molecule is COC(=O)c1c(Cl)nc2ccccc2c1N1CCC(N)CC1. The van der Waals surface area contributed by atoms with Crippen LogP contribution in [-0.4, -0.2) is 37.2 Å². The van der Waals surface area contributed by atoms with Gasteiger partial charge in [-0.05, 0) is 18.9 Å². The molecule has 1 aliphatic heterocycles. The van der Waals surface area contributed by atoms with Gasteiger partial charge in [0.2, 0.25) is 0 Å². The minimum absolute atomic E-state index is 0.176. The Bertz CT molecular complexity index is 712. The number of nitrogens with two attached hydrogens (primary N) is 1. The lowest BCUT2D eigenvalue weighted by atomic mass is 10.0. The van der Waals surface area contributed by atoms with Gasteiger partial charge in [-0.3, -0.25) is 0 Å². The molecule has 0 amide bonds. The molecule has 0 aliphatic carbocycles. The topological polar surface area (TPSA) is 68.5 Å². The first kappa shape index (κ1) is 15.1. The number of carbonyl (C=O) groups excluding carboxylic acids is 1. The first-order chi connectivity index (χ1) is 10.6. The largest absolute Gasteiger partial charge is 0.465 e. The predicted octanol–water partition coefficient (Wildman–Crippen LogP) is 2.60. The third-order valence-electron chi connectivity index (χ3n) is 4.07. The number of fused-ring (bicyclic) bond motifs is 1. The molecule has 1 fully saturated rings. The number of aromatic nitrogens is 1. The standard InChI is InChI=1S/C16H18ClN3O2/c1-22-16(21)13-14(20-8-6-10(18)7-9-20)11-4-2-3-5-12(11)19-15(13)17/h2-5,10H,6-9,18H2,1H3. The molecule has 5 nitrogen and oxygen atoms in total. The van der Waals surface area contributed by atoms with E-state index in [1.165, 1.54) is 7.11 Å². The lowest BCUT2D eigenvalue weighted by Gasteiger charge is -2.33. The number of anilines is 1. The van der Waals surface area contributed by atoms with E-state index in [0.717, 1.165) is 42.5 Å². The monoisotopic (exact) mass is 319 g/mol. The molecule has 3 rings (SSSR count). The highest BCUT2D eigenvalue weighted by Crippen LogP contribution is 2.35. The molecular weight excluding hydrogens is 302 g/mol. The van der Waals surface area contributed by atoms with Crippen LogP contribution in [0.3, 0.4) is 0 Å². The summed E-state index contributed by atoms with van der Waals surface area (Å²) in [7, 11) is 1.35. The number of hydrogen-bond acceptors (Lipinski definition) is 5. The zero-order chi connectivity index (χ0) is 15.7. The summed E-state index contributed by atoms with van der Waals surface area (Å²) in [4.78, 5) is 18.7. The fourth-order valence-electron chi connectivity index (χ4n) is 2.90. The van der Waals surface area contributed by atoms with Crippen LogP contribution in [0.2, 0.25) is 5.15 Å². The zero-order valence-corrected chi connectivity index (χ0v) is 13.1. The van der Waals surface area contributed by atoms with Gasteiger partial charge in [0.1, 0.15) is 10.7 Å². The van der Waals surface area contributed by atoms with Crippen LogP contribution >= 0.6 is 11.6 Å². The number of ether oxygens (including phenoxy) is 1. The third-order valence-corrected chi connectivity index (χ3v) is 4.34. The van der Waals surface area contributed by atoms with Crippen LogP contribution in [0.4, 0.5) is 5.69 Å². The van der Waals surface area contributed by atoms with E-state index in [0.29, 0.717) is 5.56 Å². The second-order valence-corrected chi connectivity index (χ2v) is 5.82. The maximum atomic E-state index is 12.2. The molecule has 0 radical (unpaired) electrons. The maximum Gasteiger partial charge on any atom is 0.343 e. The molecule has 1 aliphatic rings. The minimum atomic E-state index is -0.465. The quantitative estimate of drug-likeness (QED) is 0.680. The van der Waals surface area contributed by atoms with Gasteiger partial charge in [0.25, 0.3) is 0 Å². The second kappa shape index (κ2) is 6.10. The molecule has 0 saturated carbocycles. The van der Waals surface area contributed by atoms with Gasteiger partial charge in [0.15, 0.2) is 0 Å². The van der Waals surface area contributed by atoms with Crippen molar-refractivity contribution >= 4 is 34.2 Å². The predicted molar refractivity (Wildman–Crippen MR) is 87.5 cm³/mol. The van der Waals surface area contributed by atoms with Crippen LogP contribution in [0.5, 0.6) is 0 Å². The van der Waals surface area contributed by atoms with E-state index in [9.17, 15) is 4.79 Å². The van der Waals surface area contributed by atoms with Crippen molar-refractivity contribution in [2.75, 3.05) is 25.1 Å². The first-order valence-electron chi connectivity index (χ1n) is 7.29. The Morgan fingerprint density at radius 2 is 2.05 bits per heavy atom. The molecule has 1 aromatic carbocycles. The molecule has 0 bridgehead atoms. The van der Waals surface area contributed by atoms with Gasteiger partial charge >= 0.3 is 5.97 Å². The van der Waals surface area contributed by atoms with Crippen molar-refractivity contribution in [1.29, 1.82) is 0 Å². The summed E-state index contributed by atoms with van der Waals surface area (Å²) in [5, 5.41) is 1.08. The summed E-state index contributed by atoms with van der Waals surface area (Å²) in [5.74, 6) is -0.465. The number of carbonyl (C=O) groups is 1. The molecule has 6 heteroatoms. The van der Waals surface area contributed by atoms with Crippen LogP contribution in [0.15, 0.2) is 24.3 Å². The number of para-hydroxylation sites is 1. The number of pyridine rings is 1. The molecule has 22 heavy (non-hydrogen) atoms. The first-order valence-corrected chi connectivity index (χ1v) is 7.66. The number of rotatable bonds is 2. The van der Waals surface area contributed by atoms with Crippen molar-refractivity contribution in [3.8, 4) is 0 Å². The summed E-state index contributed by atoms with van der Waals surface area (Å²) >= 11 is 6.27. The lowest BCUT2D eigenvalue weighted by molar-refractivity contribution is 0.0601. The smallest absolute Gasteiger partial charge is 0.343 e. The van der Waals surface area contributed by atoms with Crippen LogP contribution < -0.4 is 10.6 Å². The molecule has 2 N–H and O–H groups in total. The van der Waals surface area contributed by atoms with Crippen molar-refractivity contribution < 1.29 is 9.53 Å². The van der Waals surface area contributed by atoms with Crippen molar-refractivity contribution in [1.82, 2.24) is 4.98 Å². The molecule has 116 valence electrons. The number of methoxy groups -OCH3 is 1. The van der Waals surface area contributed by atoms with Crippen molar-refractivity contribution in [3.63, 3.8) is 0 Å². The summed E-state index contributed by atoms with van der Waals surface area (Å²) in [6.07, 6.45) is 1.77. The number of nitrogens with zero attached hydrogens (tertiary/aromatic N) is 2. The van der Waals surface area contributed by atoms with E-state index in [4.69, 9.17) is 22.1 Å². The highest BCUT2D eigenvalue weighted by molar-refractivity contribution is 6.34. The molecule has 0 atom stereocenters. The molecule has 2 heterocycles. The Hall–Kier alpha value is -1.85. The number of halogens is 1. The Balaban J connectivity index is 2.21. The molecular formula is C16H18ClN3O2. The van der Waals surface area contributed by atoms with Crippen LogP contribution in [-0.2, 0) is 4.74 Å². The average molecular weight is 320 g/mol. The van der Waals surface area contributed by atoms with E-state index in [1.807, 2.05) is 24.3 Å². The van der Waals surface area contributed by atoms with Gasteiger partial charge in [-0.1, -0.05) is 29.8 Å². The van der Waals surface area contributed by atoms with E-state index in [-0.39, 0.29) is 11.2 Å². The molecule has 1 aromatic heterocycles. The van der Waals surface area contributed by atoms with Crippen molar-refractivity contribution in [2.24, 2.45) is 5.73 Å². The van der Waals surface area contributed by atoms with Crippen molar-refractivity contribution in [2.45, 2.75) is 18.9 Å². The fourth-order valence-corrected chi connectivity index (χ4v) is 3.16. The molecule has 2 aromatic rings. The Morgan fingerprint density at radius 3 is 2.73 bits per heavy atom. The number of benzene rings is 1. The number of piperidine rings is 1. The van der Waals surface area contributed by atoms with Crippen LogP contribution in [0.25, 0.3) is 10.9 Å².